The Bertz CT molecular complexity index is 426. The molecule has 1 aliphatic rings. The molecule has 0 atom stereocenters. The van der Waals surface area contributed by atoms with Crippen LogP contribution in [-0.4, -0.2) is 34.2 Å². The number of phenols is 1. The summed E-state index contributed by atoms with van der Waals surface area (Å²) in [5.41, 5.74) is 1.45. The molecule has 0 bridgehead atoms. The van der Waals surface area contributed by atoms with Gasteiger partial charge in [-0.2, -0.15) is 0 Å². The lowest BCUT2D eigenvalue weighted by Gasteiger charge is -2.49. The van der Waals surface area contributed by atoms with Crippen LogP contribution in [0.1, 0.15) is 33.3 Å². The third-order valence-corrected chi connectivity index (χ3v) is 3.73. The lowest BCUT2D eigenvalue weighted by Crippen LogP contribution is -2.65. The van der Waals surface area contributed by atoms with Gasteiger partial charge < -0.3 is 10.4 Å². The second-order valence-corrected chi connectivity index (χ2v) is 6.58. The first-order chi connectivity index (χ1) is 8.28. The van der Waals surface area contributed by atoms with Gasteiger partial charge >= 0.3 is 0 Å². The molecular formula is C15H24N2O. The summed E-state index contributed by atoms with van der Waals surface area (Å²) < 4.78 is 0. The monoisotopic (exact) mass is 248 g/mol. The molecule has 2 rings (SSSR count). The highest BCUT2D eigenvalue weighted by molar-refractivity contribution is 5.27. The normalized spacial score (nSPS) is 22.9. The van der Waals surface area contributed by atoms with E-state index in [1.165, 1.54) is 5.56 Å². The van der Waals surface area contributed by atoms with Crippen molar-refractivity contribution >= 4 is 0 Å². The van der Waals surface area contributed by atoms with E-state index < -0.39 is 0 Å². The minimum atomic E-state index is 0.140. The Morgan fingerprint density at radius 3 is 2.67 bits per heavy atom. The van der Waals surface area contributed by atoms with E-state index in [0.29, 0.717) is 5.75 Å². The van der Waals surface area contributed by atoms with Crippen LogP contribution in [0.25, 0.3) is 0 Å². The average Bonchev–Trinajstić information content (AvgIpc) is 2.24. The van der Waals surface area contributed by atoms with Crippen LogP contribution in [0.4, 0.5) is 0 Å². The molecule has 0 aliphatic carbocycles. The van der Waals surface area contributed by atoms with Crippen LogP contribution in [0.5, 0.6) is 5.75 Å². The Morgan fingerprint density at radius 1 is 1.28 bits per heavy atom. The van der Waals surface area contributed by atoms with Gasteiger partial charge in [0.1, 0.15) is 5.75 Å². The summed E-state index contributed by atoms with van der Waals surface area (Å²) in [6.45, 7) is 11.9. The van der Waals surface area contributed by atoms with Gasteiger partial charge in [0, 0.05) is 30.7 Å². The molecule has 0 spiro atoms. The molecule has 0 amide bonds. The molecule has 0 aromatic heterocycles. The molecule has 1 aliphatic heterocycles. The van der Waals surface area contributed by atoms with E-state index in [1.807, 2.05) is 12.1 Å². The number of hydrogen-bond acceptors (Lipinski definition) is 3. The maximum atomic E-state index is 9.54. The van der Waals surface area contributed by atoms with Crippen molar-refractivity contribution in [2.45, 2.75) is 45.3 Å². The summed E-state index contributed by atoms with van der Waals surface area (Å²) in [5, 5.41) is 13.1. The highest BCUT2D eigenvalue weighted by Crippen LogP contribution is 2.26. The van der Waals surface area contributed by atoms with Gasteiger partial charge in [0.05, 0.1) is 0 Å². The van der Waals surface area contributed by atoms with Gasteiger partial charge in [-0.15, -0.1) is 0 Å². The molecule has 1 saturated heterocycles. The van der Waals surface area contributed by atoms with Gasteiger partial charge in [0.15, 0.2) is 0 Å². The fourth-order valence-electron chi connectivity index (χ4n) is 2.46. The van der Waals surface area contributed by atoms with Crippen LogP contribution >= 0.6 is 0 Å². The molecule has 0 saturated carbocycles. The Labute approximate surface area is 110 Å². The van der Waals surface area contributed by atoms with Crippen molar-refractivity contribution in [2.24, 2.45) is 0 Å². The zero-order valence-corrected chi connectivity index (χ0v) is 11.8. The van der Waals surface area contributed by atoms with Crippen LogP contribution in [0.2, 0.25) is 0 Å². The molecule has 1 heterocycles. The highest BCUT2D eigenvalue weighted by atomic mass is 16.3. The number of rotatable bonds is 2. The molecule has 3 nitrogen and oxygen atoms in total. The minimum Gasteiger partial charge on any atom is -0.508 e. The Kier molecular flexibility index (Phi) is 3.39. The summed E-state index contributed by atoms with van der Waals surface area (Å²) in [4.78, 5) is 2.48. The van der Waals surface area contributed by atoms with Gasteiger partial charge in [0.2, 0.25) is 0 Å². The van der Waals surface area contributed by atoms with Crippen LogP contribution in [0.3, 0.4) is 0 Å². The molecule has 18 heavy (non-hydrogen) atoms. The summed E-state index contributed by atoms with van der Waals surface area (Å²) in [5.74, 6) is 0.347. The highest BCUT2D eigenvalue weighted by Gasteiger charge is 2.37. The van der Waals surface area contributed by atoms with Crippen molar-refractivity contribution in [1.29, 1.82) is 0 Å². The average molecular weight is 248 g/mol. The second kappa shape index (κ2) is 4.56. The van der Waals surface area contributed by atoms with Crippen molar-refractivity contribution in [3.63, 3.8) is 0 Å². The fourth-order valence-corrected chi connectivity index (χ4v) is 2.46. The van der Waals surface area contributed by atoms with Gasteiger partial charge in [-0.1, -0.05) is 12.1 Å². The molecule has 1 aromatic carbocycles. The van der Waals surface area contributed by atoms with E-state index in [9.17, 15) is 5.11 Å². The first-order valence-electron chi connectivity index (χ1n) is 6.57. The Balaban J connectivity index is 2.15. The third-order valence-electron chi connectivity index (χ3n) is 3.73. The third kappa shape index (κ3) is 3.03. The summed E-state index contributed by atoms with van der Waals surface area (Å²) >= 11 is 0. The molecule has 2 N–H and O–H groups in total. The van der Waals surface area contributed by atoms with Crippen molar-refractivity contribution in [2.75, 3.05) is 13.1 Å². The summed E-state index contributed by atoms with van der Waals surface area (Å²) in [6, 6.07) is 7.55. The molecular weight excluding hydrogens is 224 g/mol. The number of aromatic hydroxyl groups is 1. The molecule has 0 unspecified atom stereocenters. The number of nitrogens with zero attached hydrogens (tertiary/aromatic N) is 1. The first kappa shape index (κ1) is 13.4. The number of nitrogens with one attached hydrogen (secondary N) is 1. The van der Waals surface area contributed by atoms with Crippen molar-refractivity contribution in [3.05, 3.63) is 29.8 Å². The second-order valence-electron chi connectivity index (χ2n) is 6.58. The SMILES string of the molecule is CC1(C)CN(Cc2cccc(O)c2)C(C)(C)CN1. The van der Waals surface area contributed by atoms with Gasteiger partial charge in [-0.3, -0.25) is 4.90 Å². The van der Waals surface area contributed by atoms with E-state index in [1.54, 1.807) is 6.07 Å². The van der Waals surface area contributed by atoms with Gasteiger partial charge in [0.25, 0.3) is 0 Å². The van der Waals surface area contributed by atoms with E-state index in [0.717, 1.165) is 19.6 Å². The maximum Gasteiger partial charge on any atom is 0.115 e. The zero-order chi connectivity index (χ0) is 13.4. The molecule has 1 aromatic rings. The zero-order valence-electron chi connectivity index (χ0n) is 11.8. The van der Waals surface area contributed by atoms with Crippen LogP contribution in [-0.2, 0) is 6.54 Å². The standard InChI is InChI=1S/C15H24N2O/c1-14(2)11-17(15(3,4)10-16-14)9-12-6-5-7-13(18)8-12/h5-8,16,18H,9-11H2,1-4H3. The van der Waals surface area contributed by atoms with Gasteiger partial charge in [-0.25, -0.2) is 0 Å². The van der Waals surface area contributed by atoms with Crippen molar-refractivity contribution in [3.8, 4) is 5.75 Å². The predicted octanol–water partition coefficient (Wildman–Crippen LogP) is 2.35. The van der Waals surface area contributed by atoms with E-state index in [4.69, 9.17) is 0 Å². The van der Waals surface area contributed by atoms with Crippen molar-refractivity contribution in [1.82, 2.24) is 10.2 Å². The van der Waals surface area contributed by atoms with Gasteiger partial charge in [-0.05, 0) is 45.4 Å². The molecule has 100 valence electrons. The number of benzene rings is 1. The quantitative estimate of drug-likeness (QED) is 0.843. The minimum absolute atomic E-state index is 0.140. The van der Waals surface area contributed by atoms with Crippen LogP contribution < -0.4 is 5.32 Å². The number of hydrogen-bond donors (Lipinski definition) is 2. The van der Waals surface area contributed by atoms with E-state index in [-0.39, 0.29) is 11.1 Å². The lowest BCUT2D eigenvalue weighted by atomic mass is 9.91. The topological polar surface area (TPSA) is 35.5 Å². The van der Waals surface area contributed by atoms with Crippen LogP contribution in [0, 0.1) is 0 Å². The number of phenolic OH excluding ortho intramolecular Hbond substituents is 1. The predicted molar refractivity (Wildman–Crippen MR) is 74.7 cm³/mol. The Morgan fingerprint density at radius 2 is 2.00 bits per heavy atom. The largest absolute Gasteiger partial charge is 0.508 e. The lowest BCUT2D eigenvalue weighted by molar-refractivity contribution is 0.0323. The fraction of sp³-hybridized carbons (Fsp3) is 0.600. The molecule has 0 radical (unpaired) electrons. The maximum absolute atomic E-state index is 9.54. The smallest absolute Gasteiger partial charge is 0.115 e. The van der Waals surface area contributed by atoms with E-state index >= 15 is 0 Å². The Hall–Kier alpha value is -1.06. The van der Waals surface area contributed by atoms with Crippen molar-refractivity contribution < 1.29 is 5.11 Å². The summed E-state index contributed by atoms with van der Waals surface area (Å²) in [7, 11) is 0. The van der Waals surface area contributed by atoms with Crippen LogP contribution in [0.15, 0.2) is 24.3 Å². The first-order valence-corrected chi connectivity index (χ1v) is 6.57. The number of piperazine rings is 1. The van der Waals surface area contributed by atoms with E-state index in [2.05, 4.69) is 44.0 Å². The molecule has 3 heteroatoms. The summed E-state index contributed by atoms with van der Waals surface area (Å²) in [6.07, 6.45) is 0. The molecule has 1 fully saturated rings.